The fraction of sp³-hybridized carbons (Fsp3) is 0.250. The van der Waals surface area contributed by atoms with Crippen molar-refractivity contribution in [1.29, 1.82) is 0 Å². The Hall–Kier alpha value is -4.16. The zero-order valence-corrected chi connectivity index (χ0v) is 21.8. The van der Waals surface area contributed by atoms with E-state index in [1.165, 1.54) is 0 Å². The number of carbonyl (C=O) groups is 2. The number of benzene rings is 4. The molecule has 0 radical (unpaired) electrons. The highest BCUT2D eigenvalue weighted by Crippen LogP contribution is 2.24. The monoisotopic (exact) mass is 511 g/mol. The van der Waals surface area contributed by atoms with Crippen molar-refractivity contribution in [3.8, 4) is 11.5 Å². The number of hydrogen-bond acceptors (Lipinski definition) is 5. The van der Waals surface area contributed by atoms with Crippen LogP contribution in [0.2, 0.25) is 0 Å². The van der Waals surface area contributed by atoms with Gasteiger partial charge in [-0.25, -0.2) is 4.79 Å². The number of aryl methyl sites for hydroxylation is 1. The summed E-state index contributed by atoms with van der Waals surface area (Å²) in [5, 5.41) is 14.9. The lowest BCUT2D eigenvalue weighted by Gasteiger charge is -2.19. The molecule has 4 rings (SSSR count). The molecule has 196 valence electrons. The van der Waals surface area contributed by atoms with Gasteiger partial charge in [-0.15, -0.1) is 0 Å². The van der Waals surface area contributed by atoms with E-state index in [2.05, 4.69) is 23.5 Å². The number of carboxylic acids is 1. The Morgan fingerprint density at radius 1 is 0.763 bits per heavy atom. The number of methoxy groups -OCH3 is 2. The minimum atomic E-state index is -0.934. The summed E-state index contributed by atoms with van der Waals surface area (Å²) in [5.41, 5.74) is 3.47. The second-order valence-corrected chi connectivity index (χ2v) is 9.32. The van der Waals surface area contributed by atoms with Gasteiger partial charge >= 0.3 is 5.97 Å². The van der Waals surface area contributed by atoms with Gasteiger partial charge in [0.1, 0.15) is 17.3 Å². The lowest BCUT2D eigenvalue weighted by molar-refractivity contribution is -0.119. The number of carbonyl (C=O) groups excluding carboxylic acids is 1. The van der Waals surface area contributed by atoms with Crippen LogP contribution in [0.3, 0.4) is 0 Å². The minimum Gasteiger partial charge on any atom is -0.497 e. The van der Waals surface area contributed by atoms with Crippen LogP contribution in [0.25, 0.3) is 10.8 Å². The molecule has 38 heavy (non-hydrogen) atoms. The summed E-state index contributed by atoms with van der Waals surface area (Å²) < 4.78 is 10.6. The molecule has 0 aliphatic heterocycles. The van der Waals surface area contributed by atoms with E-state index in [1.807, 2.05) is 54.6 Å². The van der Waals surface area contributed by atoms with Crippen LogP contribution in [-0.2, 0) is 17.6 Å². The zero-order valence-electron chi connectivity index (χ0n) is 21.8. The Labute approximate surface area is 223 Å². The van der Waals surface area contributed by atoms with Crippen molar-refractivity contribution in [2.45, 2.75) is 31.7 Å². The molecule has 0 heterocycles. The van der Waals surface area contributed by atoms with E-state index >= 15 is 0 Å². The number of ketones is 1. The van der Waals surface area contributed by atoms with Gasteiger partial charge in [0.25, 0.3) is 0 Å². The second kappa shape index (κ2) is 12.9. The molecule has 0 aromatic heterocycles. The average Bonchev–Trinajstić information content (AvgIpc) is 2.95. The van der Waals surface area contributed by atoms with Gasteiger partial charge in [0.05, 0.1) is 19.8 Å². The molecule has 0 amide bonds. The maximum absolute atomic E-state index is 13.1. The molecule has 0 fully saturated rings. The summed E-state index contributed by atoms with van der Waals surface area (Å²) in [6.07, 6.45) is 2.26. The molecule has 0 bridgehead atoms. The van der Waals surface area contributed by atoms with Crippen LogP contribution in [-0.4, -0.2) is 37.6 Å². The number of rotatable bonds is 13. The van der Waals surface area contributed by atoms with Gasteiger partial charge in [0.15, 0.2) is 0 Å². The Morgan fingerprint density at radius 3 is 2.08 bits per heavy atom. The SMILES string of the molecule is COc1ccc(C(CC(=O)CCc2ccc3cc(OC)ccc3c2)NCCc2ccc(C(=O)O)cc2)cc1. The van der Waals surface area contributed by atoms with Gasteiger partial charge in [-0.05, 0) is 83.2 Å². The molecule has 0 aliphatic carbocycles. The molecular weight excluding hydrogens is 478 g/mol. The van der Waals surface area contributed by atoms with E-state index in [4.69, 9.17) is 14.6 Å². The minimum absolute atomic E-state index is 0.129. The lowest BCUT2D eigenvalue weighted by Crippen LogP contribution is -2.26. The number of carboxylic acid groups (broad SMARTS) is 1. The van der Waals surface area contributed by atoms with Crippen LogP contribution in [0.15, 0.2) is 84.9 Å². The standard InChI is InChI=1S/C32H33NO5/c1-37-29-14-10-24(11-15-29)31(33-18-17-22-3-7-25(8-4-22)32(35)36)21-28(34)13-6-23-5-9-27-20-30(38-2)16-12-26(27)19-23/h3-5,7-12,14-16,19-20,31,33H,6,13,17-18,21H2,1-2H3,(H,35,36). The third-order valence-electron chi connectivity index (χ3n) is 6.76. The number of hydrogen-bond donors (Lipinski definition) is 2. The van der Waals surface area contributed by atoms with Crippen LogP contribution in [0.4, 0.5) is 0 Å². The Morgan fingerprint density at radius 2 is 1.39 bits per heavy atom. The normalized spacial score (nSPS) is 11.7. The molecule has 0 saturated heterocycles. The van der Waals surface area contributed by atoms with Crippen molar-refractivity contribution in [2.24, 2.45) is 0 Å². The highest BCUT2D eigenvalue weighted by Gasteiger charge is 2.16. The van der Waals surface area contributed by atoms with Crippen LogP contribution >= 0.6 is 0 Å². The summed E-state index contributed by atoms with van der Waals surface area (Å²) in [5.74, 6) is 0.858. The number of fused-ring (bicyclic) bond motifs is 1. The van der Waals surface area contributed by atoms with E-state index in [-0.39, 0.29) is 17.4 Å². The van der Waals surface area contributed by atoms with Crippen molar-refractivity contribution in [2.75, 3.05) is 20.8 Å². The third-order valence-corrected chi connectivity index (χ3v) is 6.76. The van der Waals surface area contributed by atoms with Gasteiger partial charge in [-0.2, -0.15) is 0 Å². The summed E-state index contributed by atoms with van der Waals surface area (Å²) in [7, 11) is 3.29. The molecule has 0 spiro atoms. The summed E-state index contributed by atoms with van der Waals surface area (Å²) >= 11 is 0. The highest BCUT2D eigenvalue weighted by molar-refractivity contribution is 5.87. The maximum atomic E-state index is 13.1. The van der Waals surface area contributed by atoms with Crippen molar-refractivity contribution in [1.82, 2.24) is 5.32 Å². The Bertz CT molecular complexity index is 1380. The maximum Gasteiger partial charge on any atom is 0.335 e. The predicted octanol–water partition coefficient (Wildman–Crippen LogP) is 6.02. The van der Waals surface area contributed by atoms with Crippen molar-refractivity contribution in [3.63, 3.8) is 0 Å². The largest absolute Gasteiger partial charge is 0.497 e. The number of Topliss-reactive ketones (excluding diaryl/α,β-unsaturated/α-hetero) is 1. The number of aromatic carboxylic acids is 1. The first-order valence-corrected chi connectivity index (χ1v) is 12.7. The van der Waals surface area contributed by atoms with E-state index in [0.29, 0.717) is 25.8 Å². The topological polar surface area (TPSA) is 84.9 Å². The average molecular weight is 512 g/mol. The molecular formula is C32H33NO5. The first-order valence-electron chi connectivity index (χ1n) is 12.7. The predicted molar refractivity (Wildman–Crippen MR) is 149 cm³/mol. The van der Waals surface area contributed by atoms with E-state index in [0.717, 1.165) is 45.4 Å². The fourth-order valence-corrected chi connectivity index (χ4v) is 4.52. The molecule has 2 N–H and O–H groups in total. The summed E-state index contributed by atoms with van der Waals surface area (Å²) in [6.45, 7) is 0.657. The quantitative estimate of drug-likeness (QED) is 0.228. The molecule has 0 saturated carbocycles. The summed E-state index contributed by atoms with van der Waals surface area (Å²) in [4.78, 5) is 24.2. The van der Waals surface area contributed by atoms with Crippen LogP contribution < -0.4 is 14.8 Å². The molecule has 1 atom stereocenters. The van der Waals surface area contributed by atoms with Gasteiger partial charge in [0.2, 0.25) is 0 Å². The van der Waals surface area contributed by atoms with Crippen molar-refractivity contribution in [3.05, 3.63) is 107 Å². The van der Waals surface area contributed by atoms with Gasteiger partial charge in [-0.3, -0.25) is 4.79 Å². The van der Waals surface area contributed by atoms with Gasteiger partial charge in [0, 0.05) is 18.9 Å². The molecule has 6 heteroatoms. The number of nitrogens with one attached hydrogen (secondary N) is 1. The van der Waals surface area contributed by atoms with E-state index in [1.54, 1.807) is 26.4 Å². The molecule has 4 aromatic rings. The Kier molecular flexibility index (Phi) is 9.11. The molecule has 1 unspecified atom stereocenters. The first-order chi connectivity index (χ1) is 18.4. The van der Waals surface area contributed by atoms with E-state index < -0.39 is 5.97 Å². The lowest BCUT2D eigenvalue weighted by atomic mass is 9.97. The molecule has 6 nitrogen and oxygen atoms in total. The van der Waals surface area contributed by atoms with Crippen LogP contribution in [0.5, 0.6) is 11.5 Å². The zero-order chi connectivity index (χ0) is 26.9. The Balaban J connectivity index is 1.38. The fourth-order valence-electron chi connectivity index (χ4n) is 4.52. The van der Waals surface area contributed by atoms with E-state index in [9.17, 15) is 9.59 Å². The molecule has 4 aromatic carbocycles. The summed E-state index contributed by atoms with van der Waals surface area (Å²) in [6, 6.07) is 26.8. The highest BCUT2D eigenvalue weighted by atomic mass is 16.5. The number of ether oxygens (including phenoxy) is 2. The first kappa shape index (κ1) is 26.9. The van der Waals surface area contributed by atoms with Crippen LogP contribution in [0.1, 0.15) is 45.9 Å². The van der Waals surface area contributed by atoms with Crippen molar-refractivity contribution < 1.29 is 24.2 Å². The van der Waals surface area contributed by atoms with Gasteiger partial charge < -0.3 is 19.9 Å². The van der Waals surface area contributed by atoms with Crippen molar-refractivity contribution >= 4 is 22.5 Å². The third kappa shape index (κ3) is 7.20. The van der Waals surface area contributed by atoms with Gasteiger partial charge in [-0.1, -0.05) is 48.5 Å². The second-order valence-electron chi connectivity index (χ2n) is 9.32. The molecule has 0 aliphatic rings. The smallest absolute Gasteiger partial charge is 0.335 e. The van der Waals surface area contributed by atoms with Crippen LogP contribution in [0, 0.1) is 0 Å².